The van der Waals surface area contributed by atoms with Crippen molar-refractivity contribution >= 4 is 0 Å². The summed E-state index contributed by atoms with van der Waals surface area (Å²) in [4.78, 5) is 0. The summed E-state index contributed by atoms with van der Waals surface area (Å²) in [5.74, 6) is 0.974. The molecule has 0 saturated heterocycles. The van der Waals surface area contributed by atoms with Crippen LogP contribution in [-0.4, -0.2) is 6.61 Å². The Morgan fingerprint density at radius 1 is 0.654 bits per heavy atom. The van der Waals surface area contributed by atoms with Gasteiger partial charge in [0.15, 0.2) is 0 Å². The molecule has 0 fully saturated rings. The molecule has 0 N–H and O–H groups in total. The van der Waals surface area contributed by atoms with Gasteiger partial charge in [0.1, 0.15) is 5.75 Å². The summed E-state index contributed by atoms with van der Waals surface area (Å²) in [6.07, 6.45) is 13.6. The second-order valence-corrected chi connectivity index (χ2v) is 6.84. The molecule has 0 heterocycles. The Morgan fingerprint density at radius 3 is 1.73 bits per heavy atom. The maximum atomic E-state index is 5.86. The monoisotopic (exact) mass is 344 g/mol. The Morgan fingerprint density at radius 2 is 1.15 bits per heavy atom. The number of ether oxygens (including phenoxy) is 1. The van der Waals surface area contributed by atoms with Crippen LogP contribution in [0.15, 0.2) is 48.5 Å². The maximum absolute atomic E-state index is 5.86. The van der Waals surface area contributed by atoms with Crippen molar-refractivity contribution in [2.75, 3.05) is 6.61 Å². The summed E-state index contributed by atoms with van der Waals surface area (Å²) in [6, 6.07) is 19.5. The Bertz CT molecular complexity index is 550. The second kappa shape index (κ2) is 14.9. The van der Waals surface area contributed by atoms with Gasteiger partial charge < -0.3 is 4.74 Å². The minimum absolute atomic E-state index is 0. The zero-order valence-corrected chi connectivity index (χ0v) is 16.8. The van der Waals surface area contributed by atoms with Crippen LogP contribution in [0.5, 0.6) is 5.75 Å². The van der Waals surface area contributed by atoms with E-state index in [0.717, 1.165) is 18.8 Å². The number of hydrogen-bond acceptors (Lipinski definition) is 1. The van der Waals surface area contributed by atoms with Crippen molar-refractivity contribution in [2.45, 2.75) is 71.1 Å². The SMILES string of the molecule is CCCCCCCCCCCCOc1ccc(-c2cc[c-]cc2)cc1.[Li+]. The average Bonchev–Trinajstić information content (AvgIpc) is 2.67. The van der Waals surface area contributed by atoms with E-state index in [0.29, 0.717) is 0 Å². The molecule has 136 valence electrons. The molecule has 0 aliphatic carbocycles. The fraction of sp³-hybridized carbons (Fsp3) is 0.500. The minimum Gasteiger partial charge on any atom is -0.494 e. The van der Waals surface area contributed by atoms with Crippen LogP contribution in [0.1, 0.15) is 71.1 Å². The topological polar surface area (TPSA) is 9.23 Å². The van der Waals surface area contributed by atoms with Gasteiger partial charge in [-0.05, 0) is 24.1 Å². The van der Waals surface area contributed by atoms with Crippen LogP contribution in [-0.2, 0) is 0 Å². The maximum Gasteiger partial charge on any atom is 1.00 e. The number of hydrogen-bond donors (Lipinski definition) is 0. The van der Waals surface area contributed by atoms with Gasteiger partial charge in [-0.25, -0.2) is 0 Å². The van der Waals surface area contributed by atoms with Gasteiger partial charge in [-0.1, -0.05) is 76.8 Å². The molecule has 26 heavy (non-hydrogen) atoms. The molecule has 0 saturated carbocycles. The zero-order valence-electron chi connectivity index (χ0n) is 16.8. The summed E-state index contributed by atoms with van der Waals surface area (Å²) in [5, 5.41) is 0. The molecule has 0 unspecified atom stereocenters. The first-order valence-corrected chi connectivity index (χ1v) is 10.1. The molecule has 2 aromatic rings. The largest absolute Gasteiger partial charge is 1.00 e. The van der Waals surface area contributed by atoms with Crippen molar-refractivity contribution in [3.05, 3.63) is 54.6 Å². The van der Waals surface area contributed by atoms with Crippen molar-refractivity contribution in [3.8, 4) is 16.9 Å². The molecule has 0 aliphatic rings. The normalized spacial score (nSPS) is 10.3. The summed E-state index contributed by atoms with van der Waals surface area (Å²) < 4.78 is 5.86. The number of benzene rings is 2. The molecule has 2 heteroatoms. The van der Waals surface area contributed by atoms with Gasteiger partial charge in [0.2, 0.25) is 0 Å². The first-order valence-electron chi connectivity index (χ1n) is 10.1. The second-order valence-electron chi connectivity index (χ2n) is 6.84. The van der Waals surface area contributed by atoms with Gasteiger partial charge in [-0.15, -0.1) is 5.56 Å². The average molecular weight is 344 g/mol. The van der Waals surface area contributed by atoms with Crippen LogP contribution in [0.2, 0.25) is 0 Å². The summed E-state index contributed by atoms with van der Waals surface area (Å²) >= 11 is 0. The predicted molar refractivity (Wildman–Crippen MR) is 108 cm³/mol. The standard InChI is InChI=1S/C24H33O.Li/c1-2-3-4-5-6-7-8-9-10-14-21-25-24-19-17-23(18-20-24)22-15-12-11-13-16-22;/h12-13,15-20H,2-10,14,21H2,1H3;/q-1;+1. The number of rotatable bonds is 13. The molecule has 2 rings (SSSR count). The van der Waals surface area contributed by atoms with E-state index in [1.165, 1.54) is 68.9 Å². The fourth-order valence-corrected chi connectivity index (χ4v) is 3.10. The predicted octanol–water partition coefficient (Wildman–Crippen LogP) is 4.46. The van der Waals surface area contributed by atoms with Crippen molar-refractivity contribution in [1.82, 2.24) is 0 Å². The van der Waals surface area contributed by atoms with E-state index >= 15 is 0 Å². The van der Waals surface area contributed by atoms with Gasteiger partial charge in [0, 0.05) is 0 Å². The van der Waals surface area contributed by atoms with Crippen molar-refractivity contribution < 1.29 is 23.6 Å². The smallest absolute Gasteiger partial charge is 0.494 e. The first kappa shape index (κ1) is 22.9. The van der Waals surface area contributed by atoms with E-state index in [4.69, 9.17) is 4.74 Å². The summed E-state index contributed by atoms with van der Waals surface area (Å²) in [5.41, 5.74) is 2.44. The van der Waals surface area contributed by atoms with E-state index in [1.807, 2.05) is 12.1 Å². The molecule has 2 aromatic carbocycles. The summed E-state index contributed by atoms with van der Waals surface area (Å²) in [6.45, 7) is 3.11. The Kier molecular flexibility index (Phi) is 13.2. The van der Waals surface area contributed by atoms with Crippen LogP contribution in [0.25, 0.3) is 11.1 Å². The minimum atomic E-state index is 0. The van der Waals surface area contributed by atoms with Gasteiger partial charge in [0.05, 0.1) is 6.61 Å². The van der Waals surface area contributed by atoms with Crippen molar-refractivity contribution in [2.24, 2.45) is 0 Å². The van der Waals surface area contributed by atoms with E-state index in [-0.39, 0.29) is 18.9 Å². The molecule has 1 nitrogen and oxygen atoms in total. The van der Waals surface area contributed by atoms with Crippen LogP contribution in [0.4, 0.5) is 0 Å². The van der Waals surface area contributed by atoms with Gasteiger partial charge in [-0.3, -0.25) is 0 Å². The zero-order chi connectivity index (χ0) is 17.6. The first-order chi connectivity index (χ1) is 12.4. The Labute approximate surface area is 172 Å². The fourth-order valence-electron chi connectivity index (χ4n) is 3.10. The molecular formula is C24H33LiO. The van der Waals surface area contributed by atoms with Gasteiger partial charge in [0.25, 0.3) is 0 Å². The summed E-state index contributed by atoms with van der Waals surface area (Å²) in [7, 11) is 0. The third-order valence-electron chi connectivity index (χ3n) is 4.67. The number of unbranched alkanes of at least 4 members (excludes halogenated alkanes) is 9. The molecule has 0 bridgehead atoms. The molecule has 0 spiro atoms. The van der Waals surface area contributed by atoms with E-state index in [9.17, 15) is 0 Å². The van der Waals surface area contributed by atoms with Crippen LogP contribution in [0.3, 0.4) is 0 Å². The third kappa shape index (κ3) is 9.51. The van der Waals surface area contributed by atoms with Crippen molar-refractivity contribution in [1.29, 1.82) is 0 Å². The third-order valence-corrected chi connectivity index (χ3v) is 4.67. The van der Waals surface area contributed by atoms with E-state index < -0.39 is 0 Å². The van der Waals surface area contributed by atoms with Gasteiger partial charge in [-0.2, -0.15) is 30.3 Å². The Hall–Kier alpha value is -1.16. The molecule has 0 aliphatic heterocycles. The van der Waals surface area contributed by atoms with E-state index in [2.05, 4.69) is 49.4 Å². The molecular weight excluding hydrogens is 311 g/mol. The van der Waals surface area contributed by atoms with E-state index in [1.54, 1.807) is 0 Å². The Balaban J connectivity index is 0.00000338. The molecule has 0 atom stereocenters. The quantitative estimate of drug-likeness (QED) is 0.296. The molecule has 0 aromatic heterocycles. The van der Waals surface area contributed by atoms with Crippen LogP contribution < -0.4 is 23.6 Å². The van der Waals surface area contributed by atoms with Crippen molar-refractivity contribution in [3.63, 3.8) is 0 Å². The van der Waals surface area contributed by atoms with Gasteiger partial charge >= 0.3 is 18.9 Å². The van der Waals surface area contributed by atoms with Crippen LogP contribution in [0, 0.1) is 6.07 Å². The molecule has 0 radical (unpaired) electrons. The van der Waals surface area contributed by atoms with Crippen LogP contribution >= 0.6 is 0 Å². The molecule has 0 amide bonds.